The number of aromatic hydroxyl groups is 1. The summed E-state index contributed by atoms with van der Waals surface area (Å²) in [6.07, 6.45) is 2.53. The minimum absolute atomic E-state index is 0.128. The summed E-state index contributed by atoms with van der Waals surface area (Å²) in [4.78, 5) is 10.4. The van der Waals surface area contributed by atoms with Gasteiger partial charge in [0.15, 0.2) is 0 Å². The lowest BCUT2D eigenvalue weighted by molar-refractivity contribution is -0.131. The maximum Gasteiger partial charge on any atom is 0.328 e. The van der Waals surface area contributed by atoms with Gasteiger partial charge < -0.3 is 10.2 Å². The molecule has 0 aliphatic carbocycles. The second-order valence-corrected chi connectivity index (χ2v) is 3.43. The van der Waals surface area contributed by atoms with E-state index in [9.17, 15) is 9.90 Å². The molecule has 0 saturated heterocycles. The molecule has 80 valence electrons. The lowest BCUT2D eigenvalue weighted by Gasteiger charge is -2.03. The van der Waals surface area contributed by atoms with Crippen molar-refractivity contribution in [3.05, 3.63) is 48.0 Å². The van der Waals surface area contributed by atoms with Crippen LogP contribution < -0.4 is 0 Å². The van der Waals surface area contributed by atoms with E-state index in [0.717, 1.165) is 16.8 Å². The van der Waals surface area contributed by atoms with Crippen LogP contribution in [0.2, 0.25) is 0 Å². The number of benzene rings is 2. The highest BCUT2D eigenvalue weighted by atomic mass is 16.4. The molecule has 3 nitrogen and oxygen atoms in total. The second-order valence-electron chi connectivity index (χ2n) is 3.43. The van der Waals surface area contributed by atoms with E-state index in [0.29, 0.717) is 5.56 Å². The Balaban J connectivity index is 2.63. The van der Waals surface area contributed by atoms with Crippen LogP contribution in [0.4, 0.5) is 0 Å². The summed E-state index contributed by atoms with van der Waals surface area (Å²) < 4.78 is 0. The fourth-order valence-corrected chi connectivity index (χ4v) is 1.62. The van der Waals surface area contributed by atoms with Crippen LogP contribution in [0, 0.1) is 0 Å². The van der Waals surface area contributed by atoms with Gasteiger partial charge in [0.25, 0.3) is 0 Å². The van der Waals surface area contributed by atoms with E-state index in [1.54, 1.807) is 12.1 Å². The van der Waals surface area contributed by atoms with Crippen LogP contribution in [-0.2, 0) is 4.79 Å². The number of carbonyl (C=O) groups is 1. The SMILES string of the molecule is O=C(O)C=Cc1cc(O)cc2ccccc12. The topological polar surface area (TPSA) is 57.5 Å². The Hall–Kier alpha value is -2.29. The van der Waals surface area contributed by atoms with Gasteiger partial charge in [-0.15, -0.1) is 0 Å². The molecule has 0 saturated carbocycles. The zero-order valence-electron chi connectivity index (χ0n) is 8.42. The first-order valence-corrected chi connectivity index (χ1v) is 4.79. The van der Waals surface area contributed by atoms with Crippen molar-refractivity contribution in [2.45, 2.75) is 0 Å². The Kier molecular flexibility index (Phi) is 2.60. The molecule has 0 heterocycles. The highest BCUT2D eigenvalue weighted by Crippen LogP contribution is 2.25. The van der Waals surface area contributed by atoms with Crippen LogP contribution in [0.1, 0.15) is 5.56 Å². The van der Waals surface area contributed by atoms with E-state index in [1.165, 1.54) is 6.08 Å². The van der Waals surface area contributed by atoms with Crippen LogP contribution >= 0.6 is 0 Å². The van der Waals surface area contributed by atoms with Gasteiger partial charge in [-0.25, -0.2) is 4.79 Å². The molecule has 0 fully saturated rings. The van der Waals surface area contributed by atoms with Gasteiger partial charge in [-0.3, -0.25) is 0 Å². The number of carboxylic acid groups (broad SMARTS) is 1. The number of carboxylic acids is 1. The molecule has 0 bridgehead atoms. The van der Waals surface area contributed by atoms with Crippen molar-refractivity contribution >= 4 is 22.8 Å². The molecule has 16 heavy (non-hydrogen) atoms. The molecule has 0 aromatic heterocycles. The van der Waals surface area contributed by atoms with Gasteiger partial charge in [0.05, 0.1) is 0 Å². The summed E-state index contributed by atoms with van der Waals surface area (Å²) in [6.45, 7) is 0. The Morgan fingerprint density at radius 2 is 1.94 bits per heavy atom. The van der Waals surface area contributed by atoms with Crippen molar-refractivity contribution in [3.8, 4) is 5.75 Å². The first kappa shape index (κ1) is 10.2. The molecule has 2 aromatic rings. The van der Waals surface area contributed by atoms with E-state index in [1.807, 2.05) is 24.3 Å². The maximum atomic E-state index is 10.4. The zero-order valence-corrected chi connectivity index (χ0v) is 8.42. The second kappa shape index (κ2) is 4.06. The molecule has 0 unspecified atom stereocenters. The van der Waals surface area contributed by atoms with Gasteiger partial charge in [-0.2, -0.15) is 0 Å². The Morgan fingerprint density at radius 1 is 1.19 bits per heavy atom. The number of fused-ring (bicyclic) bond motifs is 1. The molecule has 2 rings (SSSR count). The summed E-state index contributed by atoms with van der Waals surface area (Å²) in [5, 5.41) is 19.9. The third-order valence-corrected chi connectivity index (χ3v) is 2.28. The molecule has 2 N–H and O–H groups in total. The van der Waals surface area contributed by atoms with Crippen molar-refractivity contribution in [1.29, 1.82) is 0 Å². The first-order valence-electron chi connectivity index (χ1n) is 4.79. The van der Waals surface area contributed by atoms with Gasteiger partial charge in [-0.05, 0) is 34.5 Å². The lowest BCUT2D eigenvalue weighted by Crippen LogP contribution is -1.86. The molecule has 0 amide bonds. The number of phenols is 1. The van der Waals surface area contributed by atoms with E-state index < -0.39 is 5.97 Å². The Morgan fingerprint density at radius 3 is 2.69 bits per heavy atom. The molecular weight excluding hydrogens is 204 g/mol. The normalized spacial score (nSPS) is 11.0. The van der Waals surface area contributed by atoms with Crippen molar-refractivity contribution in [3.63, 3.8) is 0 Å². The van der Waals surface area contributed by atoms with Crippen molar-refractivity contribution in [1.82, 2.24) is 0 Å². The number of phenolic OH excluding ortho intramolecular Hbond substituents is 1. The van der Waals surface area contributed by atoms with E-state index >= 15 is 0 Å². The zero-order chi connectivity index (χ0) is 11.5. The molecule has 0 atom stereocenters. The van der Waals surface area contributed by atoms with Gasteiger partial charge in [0.1, 0.15) is 5.75 Å². The van der Waals surface area contributed by atoms with Crippen molar-refractivity contribution in [2.75, 3.05) is 0 Å². The van der Waals surface area contributed by atoms with Crippen molar-refractivity contribution < 1.29 is 15.0 Å². The molecule has 0 aliphatic rings. The van der Waals surface area contributed by atoms with Crippen LogP contribution in [0.5, 0.6) is 5.75 Å². The number of hydrogen-bond acceptors (Lipinski definition) is 2. The average Bonchev–Trinajstić information content (AvgIpc) is 2.25. The van der Waals surface area contributed by atoms with Crippen LogP contribution in [-0.4, -0.2) is 16.2 Å². The molecule has 2 aromatic carbocycles. The molecule has 0 spiro atoms. The minimum Gasteiger partial charge on any atom is -0.508 e. The highest BCUT2D eigenvalue weighted by Gasteiger charge is 2.00. The van der Waals surface area contributed by atoms with Gasteiger partial charge in [-0.1, -0.05) is 24.3 Å². The van der Waals surface area contributed by atoms with Crippen LogP contribution in [0.25, 0.3) is 16.8 Å². The predicted molar refractivity (Wildman–Crippen MR) is 62.3 cm³/mol. The molecule has 3 heteroatoms. The lowest BCUT2D eigenvalue weighted by atomic mass is 10.0. The number of rotatable bonds is 2. The quantitative estimate of drug-likeness (QED) is 0.755. The van der Waals surface area contributed by atoms with Crippen LogP contribution in [0.15, 0.2) is 42.5 Å². The van der Waals surface area contributed by atoms with Gasteiger partial charge >= 0.3 is 5.97 Å². The summed E-state index contributed by atoms with van der Waals surface area (Å²) in [5.41, 5.74) is 0.693. The third kappa shape index (κ3) is 2.03. The summed E-state index contributed by atoms with van der Waals surface area (Å²) >= 11 is 0. The third-order valence-electron chi connectivity index (χ3n) is 2.28. The highest BCUT2D eigenvalue weighted by molar-refractivity contribution is 5.95. The number of aliphatic carboxylic acids is 1. The first-order chi connectivity index (χ1) is 7.66. The predicted octanol–water partition coefficient (Wildman–Crippen LogP) is 2.64. The Labute approximate surface area is 92.3 Å². The number of hydrogen-bond donors (Lipinski definition) is 2. The van der Waals surface area contributed by atoms with Gasteiger partial charge in [0, 0.05) is 6.08 Å². The van der Waals surface area contributed by atoms with Crippen LogP contribution in [0.3, 0.4) is 0 Å². The smallest absolute Gasteiger partial charge is 0.328 e. The Bertz CT molecular complexity index is 570. The van der Waals surface area contributed by atoms with E-state index in [2.05, 4.69) is 0 Å². The van der Waals surface area contributed by atoms with E-state index in [4.69, 9.17) is 5.11 Å². The summed E-state index contributed by atoms with van der Waals surface area (Å²) in [5.74, 6) is -0.879. The fourth-order valence-electron chi connectivity index (χ4n) is 1.62. The minimum atomic E-state index is -1.01. The molecule has 0 radical (unpaired) electrons. The van der Waals surface area contributed by atoms with E-state index in [-0.39, 0.29) is 5.75 Å². The average molecular weight is 214 g/mol. The summed E-state index contributed by atoms with van der Waals surface area (Å²) in [6, 6.07) is 10.7. The standard InChI is InChI=1S/C13H10O3/c14-11-7-9-3-1-2-4-12(9)10(8-11)5-6-13(15)16/h1-8,14H,(H,15,16). The fraction of sp³-hybridized carbons (Fsp3) is 0. The molecular formula is C13H10O3. The molecule has 0 aliphatic heterocycles. The van der Waals surface area contributed by atoms with Crippen molar-refractivity contribution in [2.24, 2.45) is 0 Å². The summed E-state index contributed by atoms with van der Waals surface area (Å²) in [7, 11) is 0. The largest absolute Gasteiger partial charge is 0.508 e. The monoisotopic (exact) mass is 214 g/mol. The maximum absolute atomic E-state index is 10.4. The van der Waals surface area contributed by atoms with Gasteiger partial charge in [0.2, 0.25) is 0 Å².